The molecule has 6 nitrogen and oxygen atoms in total. The van der Waals surface area contributed by atoms with Crippen LogP contribution in [0.25, 0.3) is 10.8 Å². The molecule has 156 valence electrons. The molecule has 0 radical (unpaired) electrons. The molecule has 4 heterocycles. The average molecular weight is 431 g/mol. The minimum absolute atomic E-state index is 0.0372. The summed E-state index contributed by atoms with van der Waals surface area (Å²) in [6, 6.07) is 3.47. The van der Waals surface area contributed by atoms with Crippen LogP contribution in [0.2, 0.25) is 0 Å². The molecule has 1 N–H and O–H groups in total. The van der Waals surface area contributed by atoms with Crippen LogP contribution in [-0.2, 0) is 16.1 Å². The van der Waals surface area contributed by atoms with Gasteiger partial charge in [-0.25, -0.2) is 8.78 Å². The number of pyridine rings is 1. The Balaban J connectivity index is 1.47. The summed E-state index contributed by atoms with van der Waals surface area (Å²) in [4.78, 5) is 31.9. The number of ether oxygens (including phenoxy) is 1. The van der Waals surface area contributed by atoms with E-state index in [1.165, 1.54) is 0 Å². The Kier molecular flexibility index (Phi) is 4.59. The number of halogens is 2. The van der Waals surface area contributed by atoms with Crippen LogP contribution in [0.5, 0.6) is 0 Å². The molecule has 30 heavy (non-hydrogen) atoms. The number of aromatic amines is 1. The van der Waals surface area contributed by atoms with Gasteiger partial charge in [0.2, 0.25) is 5.91 Å². The highest BCUT2D eigenvalue weighted by Gasteiger charge is 2.38. The van der Waals surface area contributed by atoms with E-state index < -0.39 is 23.2 Å². The van der Waals surface area contributed by atoms with Crippen molar-refractivity contribution >= 4 is 33.7 Å². The van der Waals surface area contributed by atoms with Gasteiger partial charge in [-0.2, -0.15) is 11.3 Å². The fourth-order valence-corrected chi connectivity index (χ4v) is 4.94. The van der Waals surface area contributed by atoms with Crippen LogP contribution in [0, 0.1) is 17.6 Å². The van der Waals surface area contributed by atoms with Crippen molar-refractivity contribution in [3.63, 3.8) is 0 Å². The van der Waals surface area contributed by atoms with Crippen molar-refractivity contribution in [2.24, 2.45) is 5.92 Å². The minimum atomic E-state index is -1.08. The number of nitrogens with one attached hydrogen (secondary N) is 1. The number of carbonyl (C=O) groups excluding carboxylic acids is 1. The first-order valence-electron chi connectivity index (χ1n) is 9.59. The number of likely N-dealkylation sites (N-methyl/N-ethyl adjacent to an activating group) is 1. The highest BCUT2D eigenvalue weighted by Crippen LogP contribution is 2.35. The van der Waals surface area contributed by atoms with Crippen molar-refractivity contribution in [3.05, 3.63) is 62.2 Å². The number of rotatable bonds is 3. The van der Waals surface area contributed by atoms with Crippen LogP contribution in [0.15, 0.2) is 33.8 Å². The van der Waals surface area contributed by atoms with E-state index in [9.17, 15) is 18.4 Å². The molecule has 9 heteroatoms. The summed E-state index contributed by atoms with van der Waals surface area (Å²) in [6.45, 7) is 1.63. The summed E-state index contributed by atoms with van der Waals surface area (Å²) in [5.41, 5.74) is 1.70. The highest BCUT2D eigenvalue weighted by atomic mass is 32.1. The van der Waals surface area contributed by atoms with Crippen molar-refractivity contribution < 1.29 is 18.3 Å². The molecule has 0 aliphatic carbocycles. The second kappa shape index (κ2) is 7.17. The fourth-order valence-electron chi connectivity index (χ4n) is 4.27. The molecule has 0 bridgehead atoms. The van der Waals surface area contributed by atoms with Gasteiger partial charge in [0.1, 0.15) is 0 Å². The van der Waals surface area contributed by atoms with E-state index in [1.54, 1.807) is 23.3 Å². The van der Waals surface area contributed by atoms with E-state index in [1.807, 2.05) is 16.8 Å². The van der Waals surface area contributed by atoms with Crippen molar-refractivity contribution in [3.8, 4) is 0 Å². The number of amides is 1. The smallest absolute Gasteiger partial charge is 0.256 e. The van der Waals surface area contributed by atoms with Gasteiger partial charge < -0.3 is 19.5 Å². The number of anilines is 1. The zero-order valence-corrected chi connectivity index (χ0v) is 17.0. The Labute approximate surface area is 174 Å². The summed E-state index contributed by atoms with van der Waals surface area (Å²) < 4.78 is 33.3. The predicted octanol–water partition coefficient (Wildman–Crippen LogP) is 3.03. The van der Waals surface area contributed by atoms with Gasteiger partial charge in [0.25, 0.3) is 5.56 Å². The summed E-state index contributed by atoms with van der Waals surface area (Å²) in [7, 11) is 1.69. The Hall–Kier alpha value is -2.78. The maximum atomic E-state index is 14.0. The van der Waals surface area contributed by atoms with Gasteiger partial charge in [0.15, 0.2) is 11.6 Å². The number of H-pyrrole nitrogens is 1. The molecule has 0 saturated carbocycles. The predicted molar refractivity (Wildman–Crippen MR) is 110 cm³/mol. The first-order valence-corrected chi connectivity index (χ1v) is 10.5. The van der Waals surface area contributed by atoms with E-state index in [0.29, 0.717) is 29.7 Å². The maximum Gasteiger partial charge on any atom is 0.256 e. The Morgan fingerprint density at radius 3 is 2.70 bits per heavy atom. The van der Waals surface area contributed by atoms with E-state index in [4.69, 9.17) is 4.74 Å². The zero-order valence-electron chi connectivity index (χ0n) is 16.2. The first-order chi connectivity index (χ1) is 14.4. The Morgan fingerprint density at radius 2 is 2.00 bits per heavy atom. The van der Waals surface area contributed by atoms with Gasteiger partial charge in [-0.15, -0.1) is 0 Å². The molecular formula is C21H19F2N3O3S. The molecule has 2 aliphatic rings. The molecule has 0 spiro atoms. The highest BCUT2D eigenvalue weighted by molar-refractivity contribution is 7.08. The van der Waals surface area contributed by atoms with Crippen LogP contribution in [0.3, 0.4) is 0 Å². The number of fused-ring (bicyclic) bond motifs is 3. The van der Waals surface area contributed by atoms with Crippen LogP contribution >= 0.6 is 11.3 Å². The molecule has 1 unspecified atom stereocenters. The van der Waals surface area contributed by atoms with Crippen molar-refractivity contribution in [2.75, 3.05) is 31.6 Å². The zero-order chi connectivity index (χ0) is 21.0. The molecule has 3 aromatic rings. The lowest BCUT2D eigenvalue weighted by atomic mass is 9.93. The van der Waals surface area contributed by atoms with E-state index in [-0.39, 0.29) is 30.4 Å². The van der Waals surface area contributed by atoms with Gasteiger partial charge in [0, 0.05) is 42.5 Å². The van der Waals surface area contributed by atoms with Gasteiger partial charge in [0.05, 0.1) is 30.6 Å². The Bertz CT molecular complexity index is 1190. The molecule has 2 aliphatic heterocycles. The topological polar surface area (TPSA) is 65.6 Å². The van der Waals surface area contributed by atoms with Crippen molar-refractivity contribution in [1.82, 2.24) is 9.88 Å². The summed E-state index contributed by atoms with van der Waals surface area (Å²) >= 11 is 1.61. The third-order valence-corrected chi connectivity index (χ3v) is 6.63. The molecule has 1 saturated heterocycles. The van der Waals surface area contributed by atoms with Crippen molar-refractivity contribution in [1.29, 1.82) is 0 Å². The number of hydrogen-bond donors (Lipinski definition) is 1. The standard InChI is InChI=1S/C21H19F2N3O3S/c1-25(21(28)11-6-26(7-11)12-2-3-30-10-12)18-9-29-8-17-19(18)13-4-15(22)16(23)5-14(13)20(27)24-17/h2-5,10-11,18H,6-9H2,1H3,(H,24,27). The number of thiophene rings is 1. The van der Waals surface area contributed by atoms with E-state index >= 15 is 0 Å². The molecule has 2 aromatic heterocycles. The SMILES string of the molecule is CN(C(=O)C1CN(c2ccsc2)C1)C1COCc2[nH]c(=O)c3cc(F)c(F)cc3c21. The molecule has 5 rings (SSSR count). The third kappa shape index (κ3) is 3.00. The lowest BCUT2D eigenvalue weighted by Gasteiger charge is -2.43. The van der Waals surface area contributed by atoms with Gasteiger partial charge >= 0.3 is 0 Å². The fraction of sp³-hybridized carbons (Fsp3) is 0.333. The second-order valence-corrected chi connectivity index (χ2v) is 8.50. The number of nitrogens with zero attached hydrogens (tertiary/aromatic N) is 2. The summed E-state index contributed by atoms with van der Waals surface area (Å²) in [6.07, 6.45) is 0. The second-order valence-electron chi connectivity index (χ2n) is 7.72. The monoisotopic (exact) mass is 431 g/mol. The summed E-state index contributed by atoms with van der Waals surface area (Å²) in [5.74, 6) is -2.29. The molecule has 1 aromatic carbocycles. The maximum absolute atomic E-state index is 14.0. The first kappa shape index (κ1) is 19.2. The number of carbonyl (C=O) groups is 1. The quantitative estimate of drug-likeness (QED) is 0.693. The molecule has 1 amide bonds. The lowest BCUT2D eigenvalue weighted by molar-refractivity contribution is -0.139. The van der Waals surface area contributed by atoms with Gasteiger partial charge in [-0.05, 0) is 29.0 Å². The van der Waals surface area contributed by atoms with E-state index in [2.05, 4.69) is 9.88 Å². The van der Waals surface area contributed by atoms with Crippen molar-refractivity contribution in [2.45, 2.75) is 12.6 Å². The molecule has 1 fully saturated rings. The number of aromatic nitrogens is 1. The largest absolute Gasteiger partial charge is 0.373 e. The lowest BCUT2D eigenvalue weighted by Crippen LogP contribution is -2.55. The Morgan fingerprint density at radius 1 is 1.27 bits per heavy atom. The minimum Gasteiger partial charge on any atom is -0.373 e. The van der Waals surface area contributed by atoms with Crippen LogP contribution in [0.4, 0.5) is 14.5 Å². The summed E-state index contributed by atoms with van der Waals surface area (Å²) in [5, 5.41) is 4.42. The van der Waals surface area contributed by atoms with Crippen LogP contribution < -0.4 is 10.5 Å². The van der Waals surface area contributed by atoms with Crippen LogP contribution in [-0.4, -0.2) is 42.5 Å². The van der Waals surface area contributed by atoms with Gasteiger partial charge in [-0.1, -0.05) is 0 Å². The number of hydrogen-bond acceptors (Lipinski definition) is 5. The normalized spacial score (nSPS) is 18.9. The average Bonchev–Trinajstić information content (AvgIpc) is 3.21. The third-order valence-electron chi connectivity index (χ3n) is 5.96. The number of benzene rings is 1. The van der Waals surface area contributed by atoms with Crippen LogP contribution in [0.1, 0.15) is 17.3 Å². The molecular weight excluding hydrogens is 412 g/mol. The molecule has 1 atom stereocenters. The van der Waals surface area contributed by atoms with Gasteiger partial charge in [-0.3, -0.25) is 9.59 Å². The van der Waals surface area contributed by atoms with E-state index in [0.717, 1.165) is 17.8 Å².